The lowest BCUT2D eigenvalue weighted by molar-refractivity contribution is -0.384. The number of nitrogens with zero attached hydrogens (tertiary/aromatic N) is 3. The maximum atomic E-state index is 12.0. The molecular weight excluding hydrogens is 392 g/mol. The van der Waals surface area contributed by atoms with Gasteiger partial charge in [0.1, 0.15) is 0 Å². The van der Waals surface area contributed by atoms with Gasteiger partial charge in [0.05, 0.1) is 31.5 Å². The summed E-state index contributed by atoms with van der Waals surface area (Å²) in [6.07, 6.45) is 1.39. The highest BCUT2D eigenvalue weighted by Gasteiger charge is 2.17. The third-order valence-electron chi connectivity index (χ3n) is 4.39. The molecule has 1 aliphatic heterocycles. The van der Waals surface area contributed by atoms with Crippen molar-refractivity contribution < 1.29 is 23.9 Å². The van der Waals surface area contributed by atoms with Gasteiger partial charge in [0.25, 0.3) is 11.6 Å². The van der Waals surface area contributed by atoms with E-state index in [9.17, 15) is 14.9 Å². The highest BCUT2D eigenvalue weighted by Crippen LogP contribution is 2.26. The molecule has 10 heteroatoms. The average molecular weight is 414 g/mol. The van der Waals surface area contributed by atoms with E-state index in [2.05, 4.69) is 15.4 Å². The van der Waals surface area contributed by atoms with Crippen LogP contribution >= 0.6 is 0 Å². The van der Waals surface area contributed by atoms with Crippen LogP contribution in [0.2, 0.25) is 0 Å². The molecule has 1 saturated heterocycles. The maximum Gasteiger partial charge on any atom is 0.277 e. The van der Waals surface area contributed by atoms with Gasteiger partial charge in [-0.25, -0.2) is 5.43 Å². The normalized spacial score (nSPS) is 13.8. The summed E-state index contributed by atoms with van der Waals surface area (Å²) < 4.78 is 16.0. The minimum Gasteiger partial charge on any atom is -0.493 e. The maximum absolute atomic E-state index is 12.0. The van der Waals surface area contributed by atoms with Gasteiger partial charge in [-0.1, -0.05) is 12.1 Å². The van der Waals surface area contributed by atoms with Gasteiger partial charge in [-0.3, -0.25) is 14.9 Å². The largest absolute Gasteiger partial charge is 0.493 e. The van der Waals surface area contributed by atoms with Crippen molar-refractivity contribution in [2.75, 3.05) is 44.9 Å². The number of hydrazone groups is 1. The zero-order valence-electron chi connectivity index (χ0n) is 16.4. The Hall–Kier alpha value is -3.66. The van der Waals surface area contributed by atoms with E-state index in [1.54, 1.807) is 30.3 Å². The predicted octanol–water partition coefficient (Wildman–Crippen LogP) is 1.97. The summed E-state index contributed by atoms with van der Waals surface area (Å²) in [6, 6.07) is 11.5. The van der Waals surface area contributed by atoms with Gasteiger partial charge in [0.2, 0.25) is 0 Å². The van der Waals surface area contributed by atoms with E-state index in [-0.39, 0.29) is 12.3 Å². The van der Waals surface area contributed by atoms with E-state index in [0.717, 1.165) is 5.69 Å². The minimum atomic E-state index is -0.476. The van der Waals surface area contributed by atoms with E-state index in [0.29, 0.717) is 43.4 Å². The van der Waals surface area contributed by atoms with Crippen LogP contribution in [0.1, 0.15) is 5.56 Å². The first kappa shape index (κ1) is 21.1. The summed E-state index contributed by atoms with van der Waals surface area (Å²) in [5, 5.41) is 15.1. The Kier molecular flexibility index (Phi) is 7.17. The van der Waals surface area contributed by atoms with E-state index >= 15 is 0 Å². The van der Waals surface area contributed by atoms with Crippen molar-refractivity contribution in [3.63, 3.8) is 0 Å². The Morgan fingerprint density at radius 3 is 2.70 bits per heavy atom. The van der Waals surface area contributed by atoms with Gasteiger partial charge in [-0.05, 0) is 18.2 Å². The molecular formula is C20H22N4O6. The van der Waals surface area contributed by atoms with Crippen molar-refractivity contribution in [1.82, 2.24) is 5.43 Å². The van der Waals surface area contributed by atoms with Gasteiger partial charge < -0.3 is 19.1 Å². The SMILES string of the molecule is COc1ccccc1OCC(=O)N/N=C/c1cc([N+](=O)[O-])ccc1N1CCOCC1. The fourth-order valence-electron chi connectivity index (χ4n) is 2.94. The van der Waals surface area contributed by atoms with Crippen molar-refractivity contribution in [3.8, 4) is 11.5 Å². The Bertz CT molecular complexity index is 927. The number of ether oxygens (including phenoxy) is 3. The highest BCUT2D eigenvalue weighted by molar-refractivity contribution is 5.90. The van der Waals surface area contributed by atoms with Gasteiger partial charge in [-0.2, -0.15) is 5.10 Å². The summed E-state index contributed by atoms with van der Waals surface area (Å²) in [5.41, 5.74) is 3.62. The quantitative estimate of drug-likeness (QED) is 0.399. The van der Waals surface area contributed by atoms with Crippen LogP contribution in [0.3, 0.4) is 0 Å². The van der Waals surface area contributed by atoms with E-state index < -0.39 is 10.8 Å². The Labute approximate surface area is 173 Å². The van der Waals surface area contributed by atoms with Crippen LogP contribution in [-0.4, -0.2) is 57.1 Å². The molecule has 1 aliphatic rings. The molecule has 0 radical (unpaired) electrons. The summed E-state index contributed by atoms with van der Waals surface area (Å²) in [6.45, 7) is 2.22. The number of para-hydroxylation sites is 2. The van der Waals surface area contributed by atoms with Gasteiger partial charge >= 0.3 is 0 Å². The van der Waals surface area contributed by atoms with Crippen LogP contribution in [0.15, 0.2) is 47.6 Å². The predicted molar refractivity (Wildman–Crippen MR) is 110 cm³/mol. The number of nitro benzene ring substituents is 1. The fraction of sp³-hybridized carbons (Fsp3) is 0.300. The molecule has 1 amide bonds. The first-order valence-corrected chi connectivity index (χ1v) is 9.27. The number of rotatable bonds is 8. The summed E-state index contributed by atoms with van der Waals surface area (Å²) >= 11 is 0. The number of carbonyl (C=O) groups excluding carboxylic acids is 1. The molecule has 0 spiro atoms. The number of hydrogen-bond donors (Lipinski definition) is 1. The summed E-state index contributed by atoms with van der Waals surface area (Å²) in [4.78, 5) is 24.8. The first-order valence-electron chi connectivity index (χ1n) is 9.27. The van der Waals surface area contributed by atoms with Crippen molar-refractivity contribution >= 4 is 23.5 Å². The summed E-state index contributed by atoms with van der Waals surface area (Å²) in [5.74, 6) is 0.475. The number of hydrogen-bond acceptors (Lipinski definition) is 8. The number of benzene rings is 2. The molecule has 30 heavy (non-hydrogen) atoms. The van der Waals surface area contributed by atoms with Crippen LogP contribution in [0.5, 0.6) is 11.5 Å². The van der Waals surface area contributed by atoms with Gasteiger partial charge in [-0.15, -0.1) is 0 Å². The molecule has 10 nitrogen and oxygen atoms in total. The molecule has 0 aliphatic carbocycles. The van der Waals surface area contributed by atoms with Crippen molar-refractivity contribution in [1.29, 1.82) is 0 Å². The molecule has 0 saturated carbocycles. The zero-order valence-corrected chi connectivity index (χ0v) is 16.4. The lowest BCUT2D eigenvalue weighted by Gasteiger charge is -2.29. The molecule has 1 fully saturated rings. The van der Waals surface area contributed by atoms with Gasteiger partial charge in [0.15, 0.2) is 18.1 Å². The number of carbonyl (C=O) groups is 1. The lowest BCUT2D eigenvalue weighted by Crippen LogP contribution is -2.36. The second-order valence-corrected chi connectivity index (χ2v) is 6.33. The van der Waals surface area contributed by atoms with E-state index in [1.807, 2.05) is 0 Å². The molecule has 3 rings (SSSR count). The molecule has 2 aromatic rings. The fourth-order valence-corrected chi connectivity index (χ4v) is 2.94. The number of non-ortho nitro benzene ring substituents is 1. The number of morpholine rings is 1. The number of anilines is 1. The monoisotopic (exact) mass is 414 g/mol. The van der Waals surface area contributed by atoms with Gasteiger partial charge in [0, 0.05) is 36.5 Å². The lowest BCUT2D eigenvalue weighted by atomic mass is 10.1. The number of amides is 1. The second kappa shape index (κ2) is 10.2. The molecule has 0 aromatic heterocycles. The molecule has 0 unspecified atom stereocenters. The van der Waals surface area contributed by atoms with Crippen LogP contribution in [0.25, 0.3) is 0 Å². The van der Waals surface area contributed by atoms with Crippen LogP contribution in [0, 0.1) is 10.1 Å². The van der Waals surface area contributed by atoms with E-state index in [4.69, 9.17) is 14.2 Å². The smallest absolute Gasteiger partial charge is 0.277 e. The van der Waals surface area contributed by atoms with Crippen molar-refractivity contribution in [2.45, 2.75) is 0 Å². The van der Waals surface area contributed by atoms with Crippen LogP contribution < -0.4 is 19.8 Å². The van der Waals surface area contributed by atoms with Crippen LogP contribution in [-0.2, 0) is 9.53 Å². The third-order valence-corrected chi connectivity index (χ3v) is 4.39. The number of methoxy groups -OCH3 is 1. The molecule has 1 heterocycles. The molecule has 2 aromatic carbocycles. The molecule has 1 N–H and O–H groups in total. The highest BCUT2D eigenvalue weighted by atomic mass is 16.6. The molecule has 0 bridgehead atoms. The zero-order chi connectivity index (χ0) is 21.3. The standard InChI is InChI=1S/C20H22N4O6/c1-28-18-4-2-3-5-19(18)30-14-20(25)22-21-13-15-12-16(24(26)27)6-7-17(15)23-8-10-29-11-9-23/h2-7,12-13H,8-11,14H2,1H3,(H,22,25)/b21-13+. The van der Waals surface area contributed by atoms with E-state index in [1.165, 1.54) is 25.5 Å². The first-order chi connectivity index (χ1) is 14.6. The number of nitro groups is 1. The minimum absolute atomic E-state index is 0.0562. The summed E-state index contributed by atoms with van der Waals surface area (Å²) in [7, 11) is 1.51. The Balaban J connectivity index is 1.65. The Morgan fingerprint density at radius 2 is 2.00 bits per heavy atom. The topological polar surface area (TPSA) is 116 Å². The second-order valence-electron chi connectivity index (χ2n) is 6.33. The molecule has 158 valence electrons. The third kappa shape index (κ3) is 5.45. The molecule has 0 atom stereocenters. The average Bonchev–Trinajstić information content (AvgIpc) is 2.78. The number of nitrogens with one attached hydrogen (secondary N) is 1. The van der Waals surface area contributed by atoms with Crippen molar-refractivity contribution in [3.05, 3.63) is 58.1 Å². The van der Waals surface area contributed by atoms with Crippen molar-refractivity contribution in [2.24, 2.45) is 5.10 Å². The van der Waals surface area contributed by atoms with Crippen LogP contribution in [0.4, 0.5) is 11.4 Å². The Morgan fingerprint density at radius 1 is 1.27 bits per heavy atom.